The van der Waals surface area contributed by atoms with Crippen LogP contribution in [0.4, 0.5) is 0 Å². The van der Waals surface area contributed by atoms with E-state index in [0.717, 1.165) is 53.8 Å². The smallest absolute Gasteiger partial charge is 0.310 e. The Hall–Kier alpha value is -4.23. The van der Waals surface area contributed by atoms with Crippen molar-refractivity contribution < 1.29 is 29.2 Å². The molecule has 0 aliphatic heterocycles. The Morgan fingerprint density at radius 2 is 1.88 bits per heavy atom. The van der Waals surface area contributed by atoms with Crippen molar-refractivity contribution in [1.29, 1.82) is 0 Å². The maximum absolute atomic E-state index is 11.2. The second kappa shape index (κ2) is 10.6. The molecule has 10 heteroatoms. The summed E-state index contributed by atoms with van der Waals surface area (Å²) in [6.45, 7) is 1.35. The van der Waals surface area contributed by atoms with E-state index in [1.54, 1.807) is 6.07 Å². The highest BCUT2D eigenvalue weighted by Crippen LogP contribution is 2.25. The molecule has 10 nitrogen and oxygen atoms in total. The largest absolute Gasteiger partial charge is 0.427 e. The summed E-state index contributed by atoms with van der Waals surface area (Å²) in [6, 6.07) is 9.64. The number of nitro groups is 2. The van der Waals surface area contributed by atoms with Gasteiger partial charge in [-0.25, -0.2) is 0 Å². The summed E-state index contributed by atoms with van der Waals surface area (Å²) < 4.78 is 10.1. The van der Waals surface area contributed by atoms with Crippen LogP contribution in [0, 0.1) is 32.3 Å². The first-order valence-electron chi connectivity index (χ1n) is 10.5. The Labute approximate surface area is 194 Å². The molecular formula is C24H22N2O8. The Balaban J connectivity index is 1.49. The number of aryl methyl sites for hydroxylation is 1. The molecule has 0 spiro atoms. The third-order valence-corrected chi connectivity index (χ3v) is 5.12. The summed E-state index contributed by atoms with van der Waals surface area (Å²) in [5.41, 5.74) is 0.641. The highest BCUT2D eigenvalue weighted by atomic mass is 16.7. The van der Waals surface area contributed by atoms with Gasteiger partial charge in [-0.05, 0) is 47.7 Å². The summed E-state index contributed by atoms with van der Waals surface area (Å²) in [5, 5.41) is 34.3. The number of carbonyl (C=O) groups is 1. The Morgan fingerprint density at radius 3 is 2.59 bits per heavy atom. The number of fused-ring (bicyclic) bond motifs is 1. The number of ether oxygens (including phenoxy) is 2. The number of hydrogen-bond acceptors (Lipinski definition) is 8. The van der Waals surface area contributed by atoms with Crippen molar-refractivity contribution in [1.82, 2.24) is 0 Å². The number of hydrogen-bond donors (Lipinski definition) is 1. The summed E-state index contributed by atoms with van der Waals surface area (Å²) in [6.07, 6.45) is 7.64. The first-order chi connectivity index (χ1) is 16.2. The summed E-state index contributed by atoms with van der Waals surface area (Å²) in [7, 11) is 0. The molecule has 0 aromatic heterocycles. The van der Waals surface area contributed by atoms with Crippen LogP contribution in [0.3, 0.4) is 0 Å². The minimum atomic E-state index is -2.38. The fraction of sp³-hybridized carbons (Fsp3) is 0.292. The van der Waals surface area contributed by atoms with E-state index >= 15 is 0 Å². The molecule has 0 fully saturated rings. The third-order valence-electron chi connectivity index (χ3n) is 5.12. The van der Waals surface area contributed by atoms with Crippen LogP contribution in [0.25, 0.3) is 10.8 Å². The van der Waals surface area contributed by atoms with Crippen LogP contribution in [0.2, 0.25) is 0 Å². The fourth-order valence-electron chi connectivity index (χ4n) is 3.44. The number of unbranched alkanes of at least 4 members (excludes halogenated alkanes) is 2. The molecule has 2 atom stereocenters. The minimum absolute atomic E-state index is 0.368. The molecular weight excluding hydrogens is 444 g/mol. The second-order valence-corrected chi connectivity index (χ2v) is 7.69. The van der Waals surface area contributed by atoms with Crippen molar-refractivity contribution >= 4 is 16.7 Å². The Kier molecular flexibility index (Phi) is 7.60. The van der Waals surface area contributed by atoms with Gasteiger partial charge >= 0.3 is 17.8 Å². The highest BCUT2D eigenvalue weighted by molar-refractivity contribution is 5.85. The van der Waals surface area contributed by atoms with E-state index in [4.69, 9.17) is 9.47 Å². The lowest BCUT2D eigenvalue weighted by Crippen LogP contribution is -2.47. The molecule has 0 amide bonds. The predicted molar refractivity (Wildman–Crippen MR) is 122 cm³/mol. The Bertz CT molecular complexity index is 1240. The average molecular weight is 466 g/mol. The summed E-state index contributed by atoms with van der Waals surface area (Å²) in [4.78, 5) is 31.4. The molecule has 2 unspecified atom stereocenters. The first-order valence-corrected chi connectivity index (χ1v) is 10.5. The van der Waals surface area contributed by atoms with Crippen LogP contribution >= 0.6 is 0 Å². The molecule has 0 radical (unpaired) electrons. The van der Waals surface area contributed by atoms with Gasteiger partial charge in [0.15, 0.2) is 0 Å². The van der Waals surface area contributed by atoms with Crippen LogP contribution in [-0.4, -0.2) is 32.8 Å². The zero-order valence-corrected chi connectivity index (χ0v) is 18.3. The van der Waals surface area contributed by atoms with Gasteiger partial charge in [-0.2, -0.15) is 0 Å². The maximum atomic E-state index is 11.2. The number of allylic oxidation sites excluding steroid dienone is 1. The maximum Gasteiger partial charge on any atom is 0.310 e. The molecule has 2 aromatic rings. The second-order valence-electron chi connectivity index (χ2n) is 7.69. The molecule has 2 aromatic carbocycles. The fourth-order valence-corrected chi connectivity index (χ4v) is 3.44. The van der Waals surface area contributed by atoms with E-state index in [-0.39, 0.29) is 5.97 Å². The standard InChI is InChI=1S/C24H22N2O8/c1-17(27)34-22-10-9-19-14-18(7-8-20(19)15-22)6-4-2-3-5-13-33-24(28)12-11-21(25(29)30)16-23(24)26(31)32/h7-12,14-16,23,28H,2-4,6H2,1H3. The van der Waals surface area contributed by atoms with Crippen LogP contribution in [0.5, 0.6) is 5.75 Å². The van der Waals surface area contributed by atoms with Crippen molar-refractivity contribution in [3.63, 3.8) is 0 Å². The number of aliphatic hydroxyl groups is 1. The van der Waals surface area contributed by atoms with Gasteiger partial charge in [-0.1, -0.05) is 30.2 Å². The summed E-state index contributed by atoms with van der Waals surface area (Å²) in [5.74, 6) is 0.458. The molecule has 34 heavy (non-hydrogen) atoms. The van der Waals surface area contributed by atoms with Crippen LogP contribution < -0.4 is 4.74 Å². The molecule has 1 aliphatic carbocycles. The van der Waals surface area contributed by atoms with Gasteiger partial charge in [0, 0.05) is 30.4 Å². The van der Waals surface area contributed by atoms with E-state index in [9.17, 15) is 30.1 Å². The predicted octanol–water partition coefficient (Wildman–Crippen LogP) is 3.52. The number of rotatable bonds is 8. The van der Waals surface area contributed by atoms with Crippen LogP contribution in [-0.2, 0) is 16.0 Å². The zero-order chi connectivity index (χ0) is 24.7. The Morgan fingerprint density at radius 1 is 1.15 bits per heavy atom. The SMILES string of the molecule is CC(=O)Oc1ccc2cc(CCCCC#COC3(O)C=CC([N+](=O)[O-])=CC3[N+](=O)[O-])ccc2c1. The molecule has 0 saturated carbocycles. The molecule has 0 bridgehead atoms. The van der Waals surface area contributed by atoms with Crippen LogP contribution in [0.1, 0.15) is 31.7 Å². The quantitative estimate of drug-likeness (QED) is 0.118. The number of benzene rings is 2. The van der Waals surface area contributed by atoms with Gasteiger partial charge in [0.05, 0.1) is 11.0 Å². The van der Waals surface area contributed by atoms with Crippen molar-refractivity contribution in [2.24, 2.45) is 0 Å². The molecule has 176 valence electrons. The van der Waals surface area contributed by atoms with Crippen molar-refractivity contribution in [2.75, 3.05) is 0 Å². The molecule has 1 aliphatic rings. The van der Waals surface area contributed by atoms with Gasteiger partial charge in [0.2, 0.25) is 0 Å². The average Bonchev–Trinajstić information content (AvgIpc) is 2.78. The lowest BCUT2D eigenvalue weighted by molar-refractivity contribution is -0.545. The van der Waals surface area contributed by atoms with Gasteiger partial charge in [0.25, 0.3) is 5.70 Å². The molecule has 3 rings (SSSR count). The normalized spacial score (nSPS) is 19.0. The van der Waals surface area contributed by atoms with Crippen LogP contribution in [0.15, 0.2) is 60.3 Å². The monoisotopic (exact) mass is 466 g/mol. The number of nitrogens with zero attached hydrogens (tertiary/aromatic N) is 2. The zero-order valence-electron chi connectivity index (χ0n) is 18.3. The first kappa shape index (κ1) is 24.4. The number of carbonyl (C=O) groups excluding carboxylic acids is 1. The molecule has 0 saturated heterocycles. The van der Waals surface area contributed by atoms with Gasteiger partial charge in [-0.15, -0.1) is 0 Å². The van der Waals surface area contributed by atoms with E-state index < -0.39 is 27.4 Å². The highest BCUT2D eigenvalue weighted by Gasteiger charge is 2.48. The van der Waals surface area contributed by atoms with E-state index in [2.05, 4.69) is 18.1 Å². The summed E-state index contributed by atoms with van der Waals surface area (Å²) >= 11 is 0. The van der Waals surface area contributed by atoms with E-state index in [1.165, 1.54) is 6.92 Å². The van der Waals surface area contributed by atoms with Crippen molar-refractivity contribution in [3.05, 3.63) is 86.1 Å². The topological polar surface area (TPSA) is 142 Å². The van der Waals surface area contributed by atoms with E-state index in [1.807, 2.05) is 24.3 Å². The van der Waals surface area contributed by atoms with E-state index in [0.29, 0.717) is 12.2 Å². The number of esters is 1. The molecule has 1 N–H and O–H groups in total. The van der Waals surface area contributed by atoms with Gasteiger partial charge in [-0.3, -0.25) is 25.0 Å². The minimum Gasteiger partial charge on any atom is -0.427 e. The van der Waals surface area contributed by atoms with Crippen molar-refractivity contribution in [3.8, 4) is 17.8 Å². The van der Waals surface area contributed by atoms with Gasteiger partial charge in [0.1, 0.15) is 11.9 Å². The van der Waals surface area contributed by atoms with Crippen molar-refractivity contribution in [2.45, 2.75) is 44.4 Å². The third kappa shape index (κ3) is 6.17. The lowest BCUT2D eigenvalue weighted by Gasteiger charge is -2.24. The molecule has 0 heterocycles. The lowest BCUT2D eigenvalue weighted by atomic mass is 10.0. The van der Waals surface area contributed by atoms with Gasteiger partial charge < -0.3 is 14.6 Å².